The first-order valence-electron chi connectivity index (χ1n) is 21.8. The van der Waals surface area contributed by atoms with Gasteiger partial charge in [0, 0.05) is 0 Å². The average molecular weight is 1080 g/mol. The zero-order valence-electron chi connectivity index (χ0n) is 38.2. The van der Waals surface area contributed by atoms with Crippen molar-refractivity contribution in [2.75, 3.05) is 39.6 Å². The summed E-state index contributed by atoms with van der Waals surface area (Å²) in [6.45, 7) is -6.47. The SMILES string of the molecule is O=P(O)(O)OC[C@H]1O[C@@H]2O[C@H]3[C@H](O)[C@@H](O)[C@@H](O[C@H]4[C@H](O)[C@@H](O)[C@@H](O[C@H]5[C@H](O)[C@@H](O)[C@@H](O[C@H]6[C@H](O)[C@@H](O)[C@@H](O[C@H]7[C@H](O)[C@@H](O)[C@@H](O[C@H]1[C@H](O)[C@H]2O)O[C@@H]7CO)O[C@@H]6CO)O[C@@H]5CO)O[C@@H]4CO)O[C@@H]3CO.[H-].[Na+]. The third-order valence-electron chi connectivity index (χ3n) is 12.9. The van der Waals surface area contributed by atoms with Gasteiger partial charge in [0.1, 0.15) is 146 Å². The Hall–Kier alpha value is -0.0500. The molecule has 22 aliphatic rings. The van der Waals surface area contributed by atoms with Crippen LogP contribution < -0.4 is 29.6 Å². The van der Waals surface area contributed by atoms with Gasteiger partial charge in [0.2, 0.25) is 0 Å². The van der Waals surface area contributed by atoms with Gasteiger partial charge >= 0.3 is 37.4 Å². The van der Waals surface area contributed by atoms with Gasteiger partial charge < -0.3 is 155 Å². The minimum absolute atomic E-state index is 0. The van der Waals surface area contributed by atoms with Crippen LogP contribution in [-0.4, -0.2) is 320 Å². The average Bonchev–Trinajstić information content (AvgIpc) is 3.33. The Bertz CT molecular complexity index is 1710. The number of phosphoric acid groups is 1. The predicted octanol–water partition coefficient (Wildman–Crippen LogP) is -15.8. The van der Waals surface area contributed by atoms with Crippen LogP contribution in [0, 0.1) is 0 Å². The summed E-state index contributed by atoms with van der Waals surface area (Å²) < 4.78 is 84.1. The maximum atomic E-state index is 11.8. The van der Waals surface area contributed by atoms with Gasteiger partial charge in [-0.15, -0.1) is 0 Å². The van der Waals surface area contributed by atoms with Crippen molar-refractivity contribution < 1.29 is 194 Å². The summed E-state index contributed by atoms with van der Waals surface area (Å²) in [7, 11) is -5.37. The predicted molar refractivity (Wildman–Crippen MR) is 208 cm³/mol. The molecule has 0 aromatic rings. The summed E-state index contributed by atoms with van der Waals surface area (Å²) >= 11 is 0. The normalized spacial score (nSPS) is 52.4. The molecule has 22 fully saturated rings. The molecule has 22 saturated heterocycles. The Morgan fingerprint density at radius 1 is 0.310 bits per heavy atom. The van der Waals surface area contributed by atoms with Crippen LogP contribution in [0.4, 0.5) is 0 Å². The topological polar surface area (TPSA) is 521 Å². The molecule has 0 spiro atoms. The molecule has 35 heteroatoms. The molecule has 71 heavy (non-hydrogen) atoms. The van der Waals surface area contributed by atoms with Crippen LogP contribution in [0.1, 0.15) is 1.43 Å². The van der Waals surface area contributed by atoms with Crippen molar-refractivity contribution in [2.24, 2.45) is 0 Å². The minimum Gasteiger partial charge on any atom is -1.00 e. The summed E-state index contributed by atoms with van der Waals surface area (Å²) in [4.78, 5) is 19.0. The molecule has 22 heterocycles. The fraction of sp³-hybridized carbons (Fsp3) is 1.00. The number of ether oxygens (including phenoxy) is 12. The number of hydrogen-bond acceptors (Lipinski definition) is 31. The largest absolute Gasteiger partial charge is 1.00 e. The second-order valence-electron chi connectivity index (χ2n) is 17.4. The van der Waals surface area contributed by atoms with E-state index in [-0.39, 0.29) is 31.0 Å². The van der Waals surface area contributed by atoms with Crippen molar-refractivity contribution in [2.45, 2.75) is 184 Å². The molecule has 0 saturated carbocycles. The fourth-order valence-corrected chi connectivity index (χ4v) is 9.43. The van der Waals surface area contributed by atoms with E-state index in [4.69, 9.17) is 56.8 Å². The van der Waals surface area contributed by atoms with E-state index in [1.807, 2.05) is 0 Å². The van der Waals surface area contributed by atoms with E-state index in [2.05, 4.69) is 4.52 Å². The van der Waals surface area contributed by atoms with Crippen molar-refractivity contribution in [3.8, 4) is 0 Å². The van der Waals surface area contributed by atoms with E-state index in [1.165, 1.54) is 0 Å². The van der Waals surface area contributed by atoms with Gasteiger partial charge in [0.15, 0.2) is 37.7 Å². The van der Waals surface area contributed by atoms with Crippen molar-refractivity contribution in [3.05, 3.63) is 0 Å². The molecule has 0 unspecified atom stereocenters. The van der Waals surface area contributed by atoms with Crippen LogP contribution in [-0.2, 0) is 65.9 Å². The van der Waals surface area contributed by atoms with Gasteiger partial charge in [0.25, 0.3) is 0 Å². The fourth-order valence-electron chi connectivity index (χ4n) is 9.09. The van der Waals surface area contributed by atoms with E-state index in [1.54, 1.807) is 0 Å². The molecule has 410 valence electrons. The van der Waals surface area contributed by atoms with Gasteiger partial charge in [-0.05, 0) is 0 Å². The first-order valence-corrected chi connectivity index (χ1v) is 23.4. The number of hydrogen-bond donors (Lipinski definition) is 19. The van der Waals surface area contributed by atoms with Gasteiger partial charge in [0.05, 0.1) is 39.6 Å². The van der Waals surface area contributed by atoms with E-state index < -0.39 is 232 Å². The molecule has 30 atom stereocenters. The van der Waals surface area contributed by atoms with Crippen molar-refractivity contribution in [1.29, 1.82) is 0 Å². The Labute approximate surface area is 423 Å². The quantitative estimate of drug-likeness (QED) is 0.0793. The Morgan fingerprint density at radius 2 is 0.479 bits per heavy atom. The van der Waals surface area contributed by atoms with Crippen LogP contribution >= 0.6 is 7.82 Å². The maximum Gasteiger partial charge on any atom is 1.00 e. The second kappa shape index (κ2) is 25.2. The van der Waals surface area contributed by atoms with Gasteiger partial charge in [-0.3, -0.25) is 4.52 Å². The van der Waals surface area contributed by atoms with Gasteiger partial charge in [-0.25, -0.2) is 4.57 Å². The Kier molecular flexibility index (Phi) is 21.3. The van der Waals surface area contributed by atoms with E-state index in [9.17, 15) is 101 Å². The van der Waals surface area contributed by atoms with Crippen LogP contribution in [0.5, 0.6) is 0 Å². The number of aliphatic hydroxyl groups is 17. The van der Waals surface area contributed by atoms with E-state index >= 15 is 0 Å². The number of aliphatic hydroxyl groups excluding tert-OH is 17. The summed E-state index contributed by atoms with van der Waals surface area (Å²) in [5.41, 5.74) is 0. The van der Waals surface area contributed by atoms with Gasteiger partial charge in [-0.1, -0.05) is 0 Å². The summed E-state index contributed by atoms with van der Waals surface area (Å²) in [5, 5.41) is 186. The van der Waals surface area contributed by atoms with E-state index in [0.29, 0.717) is 0 Å². The zero-order chi connectivity index (χ0) is 51.3. The molecular weight excluding hydrogens is 1010 g/mol. The number of rotatable bonds is 8. The standard InChI is InChI=1S/C36H61O33P.Na.H/c37-1-7-25-13(42)19(48)31(58-7)65-26-8(2-38)60-33(21(50)15(26)44)67-28-10(4-40)62-35(23(52)17(28)46)69-30-12(6-57-70(54,55)56)63-36(24(53)18(30)47)68-29-11(5-41)61-34(22(51)16(29)45)66-27-9(3-39)59-32(64-25)20(49)14(27)43;;/h7-53H,1-6H2,(H2,54,55,56);;/q;+1;-1/t7-,8-,9-,10-,11-,12-,13-,14-,15-,16-,17-,18-,19-,20-,21-,22-,23-,24-,25-,26-,27-,28-,29-,30-,31-,32-,33-,34-,35-,36-;;/m1../s1. The van der Waals surface area contributed by atoms with Crippen LogP contribution in [0.2, 0.25) is 0 Å². The first kappa shape index (κ1) is 60.2. The van der Waals surface area contributed by atoms with Crippen molar-refractivity contribution >= 4 is 7.82 Å². The molecule has 0 aliphatic carbocycles. The second-order valence-corrected chi connectivity index (χ2v) is 18.7. The summed E-state index contributed by atoms with van der Waals surface area (Å²) in [6, 6.07) is 0. The van der Waals surface area contributed by atoms with Crippen LogP contribution in [0.3, 0.4) is 0 Å². The third kappa shape index (κ3) is 12.6. The molecule has 0 radical (unpaired) electrons. The monoisotopic (exact) mass is 1080 g/mol. The molecule has 33 nitrogen and oxygen atoms in total. The summed E-state index contributed by atoms with van der Waals surface area (Å²) in [6.07, 6.45) is -61.3. The minimum atomic E-state index is -5.37. The number of phosphoric ester groups is 1. The first-order chi connectivity index (χ1) is 33.1. The molecule has 12 bridgehead atoms. The van der Waals surface area contributed by atoms with Crippen LogP contribution in [0.25, 0.3) is 0 Å². The molecule has 0 aromatic heterocycles. The summed E-state index contributed by atoms with van der Waals surface area (Å²) in [5.74, 6) is 0. The molecule has 19 N–H and O–H groups in total. The molecule has 22 rings (SSSR count). The molecule has 0 amide bonds. The third-order valence-corrected chi connectivity index (χ3v) is 13.4. The smallest absolute Gasteiger partial charge is 1.00 e. The van der Waals surface area contributed by atoms with Gasteiger partial charge in [-0.2, -0.15) is 0 Å². The molecule has 22 aliphatic heterocycles. The Balaban J connectivity index is 0.00000481. The van der Waals surface area contributed by atoms with Crippen LogP contribution in [0.15, 0.2) is 0 Å². The zero-order valence-corrected chi connectivity index (χ0v) is 40.1. The Morgan fingerprint density at radius 3 is 0.648 bits per heavy atom. The molecular formula is C36H62NaO33P. The maximum absolute atomic E-state index is 11.8. The molecule has 0 aromatic carbocycles. The van der Waals surface area contributed by atoms with Crippen molar-refractivity contribution in [3.63, 3.8) is 0 Å². The van der Waals surface area contributed by atoms with E-state index in [0.717, 1.165) is 0 Å². The van der Waals surface area contributed by atoms with Crippen molar-refractivity contribution in [1.82, 2.24) is 0 Å².